The number of amides is 1. The Morgan fingerprint density at radius 1 is 1.23 bits per heavy atom. The van der Waals surface area contributed by atoms with Crippen molar-refractivity contribution in [3.8, 4) is 0 Å². The third-order valence-corrected chi connectivity index (χ3v) is 3.85. The number of rotatable bonds is 5. The van der Waals surface area contributed by atoms with Gasteiger partial charge in [0.2, 0.25) is 0 Å². The summed E-state index contributed by atoms with van der Waals surface area (Å²) in [7, 11) is 0. The number of halogens is 1. The normalized spacial score (nSPS) is 13.9. The molecule has 0 spiro atoms. The van der Waals surface area contributed by atoms with Gasteiger partial charge < -0.3 is 5.32 Å². The van der Waals surface area contributed by atoms with Gasteiger partial charge >= 0.3 is 0 Å². The molecule has 1 aromatic heterocycles. The Balaban J connectivity index is 1.58. The zero-order valence-electron chi connectivity index (χ0n) is 12.0. The molecule has 1 saturated carbocycles. The predicted molar refractivity (Wildman–Crippen MR) is 84.3 cm³/mol. The van der Waals surface area contributed by atoms with Gasteiger partial charge in [-0.2, -0.15) is 5.10 Å². The number of carbonyl (C=O) groups excluding carboxylic acids is 1. The molecule has 0 saturated heterocycles. The maximum absolute atomic E-state index is 12.0. The van der Waals surface area contributed by atoms with Crippen molar-refractivity contribution in [1.82, 2.24) is 15.1 Å². The van der Waals surface area contributed by atoms with Gasteiger partial charge in [0.05, 0.1) is 12.2 Å². The van der Waals surface area contributed by atoms with Crippen LogP contribution in [0.15, 0.2) is 41.2 Å². The van der Waals surface area contributed by atoms with Crippen LogP contribution >= 0.6 is 11.6 Å². The van der Waals surface area contributed by atoms with E-state index in [0.29, 0.717) is 29.6 Å². The van der Waals surface area contributed by atoms with Crippen molar-refractivity contribution in [1.29, 1.82) is 0 Å². The fourth-order valence-electron chi connectivity index (χ4n) is 2.20. The second kappa shape index (κ2) is 6.32. The van der Waals surface area contributed by atoms with Crippen LogP contribution in [0.3, 0.4) is 0 Å². The minimum Gasteiger partial charge on any atom is -0.350 e. The molecule has 0 bridgehead atoms. The first-order valence-electron chi connectivity index (χ1n) is 7.25. The summed E-state index contributed by atoms with van der Waals surface area (Å²) in [6, 6.07) is 10.00. The average molecular weight is 318 g/mol. The quantitative estimate of drug-likeness (QED) is 0.919. The summed E-state index contributed by atoms with van der Waals surface area (Å²) in [5.74, 6) is 0.304. The molecule has 0 unspecified atom stereocenters. The van der Waals surface area contributed by atoms with E-state index in [2.05, 4.69) is 10.4 Å². The molecule has 0 aliphatic heterocycles. The van der Waals surface area contributed by atoms with E-state index in [1.165, 1.54) is 4.68 Å². The molecular formula is C16H16ClN3O2. The van der Waals surface area contributed by atoms with Crippen molar-refractivity contribution in [2.75, 3.05) is 6.54 Å². The van der Waals surface area contributed by atoms with Crippen molar-refractivity contribution >= 4 is 17.5 Å². The smallest absolute Gasteiger partial charge is 0.266 e. The third-order valence-electron chi connectivity index (χ3n) is 3.60. The standard InChI is InChI=1S/C16H16ClN3O2/c17-13-5-3-12(4-6-13)16(22)18-9-10-20-15(21)8-7-14(19-20)11-1-2-11/h3-8,11H,1-2,9-10H2,(H,18,22). The third kappa shape index (κ3) is 3.54. The Kier molecular flexibility index (Phi) is 4.24. The van der Waals surface area contributed by atoms with Gasteiger partial charge in [-0.1, -0.05) is 11.6 Å². The molecule has 0 atom stereocenters. The summed E-state index contributed by atoms with van der Waals surface area (Å²) >= 11 is 5.79. The molecule has 2 aromatic rings. The molecule has 6 heteroatoms. The minimum absolute atomic E-state index is 0.148. The van der Waals surface area contributed by atoms with Gasteiger partial charge in [-0.25, -0.2) is 4.68 Å². The van der Waals surface area contributed by atoms with Crippen molar-refractivity contribution in [3.05, 3.63) is 63.0 Å². The maximum Gasteiger partial charge on any atom is 0.266 e. The highest BCUT2D eigenvalue weighted by molar-refractivity contribution is 6.30. The Morgan fingerprint density at radius 3 is 2.64 bits per heavy atom. The average Bonchev–Trinajstić information content (AvgIpc) is 3.34. The summed E-state index contributed by atoms with van der Waals surface area (Å²) < 4.78 is 1.41. The van der Waals surface area contributed by atoms with Gasteiger partial charge in [-0.15, -0.1) is 0 Å². The molecule has 5 nitrogen and oxygen atoms in total. The van der Waals surface area contributed by atoms with Crippen LogP contribution in [0, 0.1) is 0 Å². The first kappa shape index (κ1) is 14.8. The zero-order chi connectivity index (χ0) is 15.5. The van der Waals surface area contributed by atoms with Gasteiger partial charge in [0.15, 0.2) is 0 Å². The minimum atomic E-state index is -0.192. The van der Waals surface area contributed by atoms with Crippen LogP contribution in [0.1, 0.15) is 34.8 Å². The van der Waals surface area contributed by atoms with E-state index in [0.717, 1.165) is 18.5 Å². The molecule has 1 amide bonds. The highest BCUT2D eigenvalue weighted by Gasteiger charge is 2.25. The second-order valence-electron chi connectivity index (χ2n) is 5.36. The molecule has 1 fully saturated rings. The summed E-state index contributed by atoms with van der Waals surface area (Å²) in [6.07, 6.45) is 2.27. The zero-order valence-corrected chi connectivity index (χ0v) is 12.7. The number of nitrogens with zero attached hydrogens (tertiary/aromatic N) is 2. The maximum atomic E-state index is 12.0. The molecule has 1 N–H and O–H groups in total. The van der Waals surface area contributed by atoms with E-state index in [9.17, 15) is 9.59 Å². The van der Waals surface area contributed by atoms with Gasteiger partial charge in [-0.05, 0) is 43.2 Å². The Bertz CT molecular complexity index is 736. The van der Waals surface area contributed by atoms with Crippen molar-refractivity contribution in [3.63, 3.8) is 0 Å². The van der Waals surface area contributed by atoms with Crippen molar-refractivity contribution < 1.29 is 4.79 Å². The van der Waals surface area contributed by atoms with E-state index in [1.807, 2.05) is 0 Å². The van der Waals surface area contributed by atoms with Crippen LogP contribution in [0.25, 0.3) is 0 Å². The first-order chi connectivity index (χ1) is 10.6. The SMILES string of the molecule is O=C(NCCn1nc(C2CC2)ccc1=O)c1ccc(Cl)cc1. The monoisotopic (exact) mass is 317 g/mol. The molecule has 1 aromatic carbocycles. The summed E-state index contributed by atoms with van der Waals surface area (Å²) in [4.78, 5) is 23.7. The Hall–Kier alpha value is -2.14. The molecule has 1 heterocycles. The Labute approximate surface area is 132 Å². The van der Waals surface area contributed by atoms with Crippen LogP contribution in [-0.4, -0.2) is 22.2 Å². The highest BCUT2D eigenvalue weighted by atomic mass is 35.5. The van der Waals surface area contributed by atoms with E-state index in [4.69, 9.17) is 11.6 Å². The molecule has 22 heavy (non-hydrogen) atoms. The number of nitrogens with one attached hydrogen (secondary N) is 1. The molecule has 1 aliphatic carbocycles. The molecular weight excluding hydrogens is 302 g/mol. The summed E-state index contributed by atoms with van der Waals surface area (Å²) in [5, 5.41) is 7.71. The fourth-order valence-corrected chi connectivity index (χ4v) is 2.33. The second-order valence-corrected chi connectivity index (χ2v) is 5.79. The van der Waals surface area contributed by atoms with Gasteiger partial charge in [0.1, 0.15) is 0 Å². The number of hydrogen-bond acceptors (Lipinski definition) is 3. The lowest BCUT2D eigenvalue weighted by Crippen LogP contribution is -2.32. The summed E-state index contributed by atoms with van der Waals surface area (Å²) in [5.41, 5.74) is 1.35. The van der Waals surface area contributed by atoms with Gasteiger partial charge in [-0.3, -0.25) is 9.59 Å². The summed E-state index contributed by atoms with van der Waals surface area (Å²) in [6.45, 7) is 0.710. The number of carbonyl (C=O) groups is 1. The molecule has 1 aliphatic rings. The lowest BCUT2D eigenvalue weighted by atomic mass is 10.2. The van der Waals surface area contributed by atoms with E-state index >= 15 is 0 Å². The van der Waals surface area contributed by atoms with Crippen LogP contribution in [-0.2, 0) is 6.54 Å². The predicted octanol–water partition coefficient (Wildman–Crippen LogP) is 2.20. The van der Waals surface area contributed by atoms with Crippen LogP contribution in [0.4, 0.5) is 0 Å². The Morgan fingerprint density at radius 2 is 1.95 bits per heavy atom. The topological polar surface area (TPSA) is 64.0 Å². The number of benzene rings is 1. The molecule has 114 valence electrons. The first-order valence-corrected chi connectivity index (χ1v) is 7.63. The highest BCUT2D eigenvalue weighted by Crippen LogP contribution is 2.38. The van der Waals surface area contributed by atoms with Gasteiger partial charge in [0, 0.05) is 29.1 Å². The molecule has 0 radical (unpaired) electrons. The molecule has 3 rings (SSSR count). The van der Waals surface area contributed by atoms with Crippen LogP contribution in [0.2, 0.25) is 5.02 Å². The number of hydrogen-bond donors (Lipinski definition) is 1. The van der Waals surface area contributed by atoms with E-state index in [-0.39, 0.29) is 11.5 Å². The van der Waals surface area contributed by atoms with E-state index < -0.39 is 0 Å². The van der Waals surface area contributed by atoms with Gasteiger partial charge in [0.25, 0.3) is 11.5 Å². The lowest BCUT2D eigenvalue weighted by Gasteiger charge is -2.08. The van der Waals surface area contributed by atoms with Crippen LogP contribution < -0.4 is 10.9 Å². The fraction of sp³-hybridized carbons (Fsp3) is 0.312. The van der Waals surface area contributed by atoms with E-state index in [1.54, 1.807) is 36.4 Å². The lowest BCUT2D eigenvalue weighted by molar-refractivity contribution is 0.0951. The number of aromatic nitrogens is 2. The largest absolute Gasteiger partial charge is 0.350 e. The van der Waals surface area contributed by atoms with Crippen molar-refractivity contribution in [2.24, 2.45) is 0 Å². The van der Waals surface area contributed by atoms with Crippen molar-refractivity contribution in [2.45, 2.75) is 25.3 Å². The van der Waals surface area contributed by atoms with Crippen LogP contribution in [0.5, 0.6) is 0 Å².